The van der Waals surface area contributed by atoms with Crippen molar-refractivity contribution >= 4 is 0 Å². The van der Waals surface area contributed by atoms with Gasteiger partial charge < -0.3 is 0 Å². The van der Waals surface area contributed by atoms with Gasteiger partial charge in [0.15, 0.2) is 0 Å². The second-order valence-electron chi connectivity index (χ2n) is 4.68. The first-order valence-corrected chi connectivity index (χ1v) is 5.02. The Hall–Kier alpha value is -0.210. The molecular weight excluding hydrogens is 177 g/mol. The number of rotatable bonds is 0. The van der Waals surface area contributed by atoms with E-state index in [9.17, 15) is 13.2 Å². The number of halogens is 3. The number of alkyl halides is 3. The Balaban J connectivity index is 2.16. The fourth-order valence-corrected chi connectivity index (χ4v) is 3.04. The second kappa shape index (κ2) is 2.89. The molecule has 2 aliphatic rings. The molecule has 0 N–H and O–H groups in total. The first-order chi connectivity index (χ1) is 6.00. The summed E-state index contributed by atoms with van der Waals surface area (Å²) in [4.78, 5) is 0. The molecule has 0 aliphatic heterocycles. The lowest BCUT2D eigenvalue weighted by Gasteiger charge is -2.35. The number of fused-ring (bicyclic) bond motifs is 1. The third-order valence-corrected chi connectivity index (χ3v) is 3.57. The van der Waals surface area contributed by atoms with E-state index >= 15 is 0 Å². The second-order valence-corrected chi connectivity index (χ2v) is 4.68. The molecular formula is C10H15F3. The van der Waals surface area contributed by atoms with Crippen molar-refractivity contribution in [1.29, 1.82) is 0 Å². The van der Waals surface area contributed by atoms with E-state index in [1.807, 2.05) is 6.92 Å². The minimum absolute atomic E-state index is 0.0613. The topological polar surface area (TPSA) is 0 Å². The van der Waals surface area contributed by atoms with Gasteiger partial charge in [-0.05, 0) is 31.1 Å². The molecule has 4 unspecified atom stereocenters. The van der Waals surface area contributed by atoms with Crippen LogP contribution >= 0.6 is 0 Å². The van der Waals surface area contributed by atoms with Crippen molar-refractivity contribution in [2.45, 2.75) is 44.7 Å². The van der Waals surface area contributed by atoms with Crippen LogP contribution in [0.15, 0.2) is 0 Å². The molecule has 2 saturated carbocycles. The Morgan fingerprint density at radius 1 is 1.23 bits per heavy atom. The molecule has 0 spiro atoms. The van der Waals surface area contributed by atoms with Gasteiger partial charge in [-0.1, -0.05) is 6.92 Å². The van der Waals surface area contributed by atoms with Crippen molar-refractivity contribution in [2.75, 3.05) is 0 Å². The highest BCUT2D eigenvalue weighted by Crippen LogP contribution is 2.53. The molecule has 4 atom stereocenters. The standard InChI is InChI=1S/C10H15F3/c1-6-4-7-2-3-10(12,13)9(7)8(11)5-6/h6-9H,2-5H2,1H3. The maximum absolute atomic E-state index is 13.4. The Kier molecular flexibility index (Phi) is 2.08. The molecule has 2 aliphatic carbocycles. The summed E-state index contributed by atoms with van der Waals surface area (Å²) in [5.74, 6) is -3.48. The molecule has 76 valence electrons. The third-order valence-electron chi connectivity index (χ3n) is 3.57. The summed E-state index contributed by atoms with van der Waals surface area (Å²) in [5, 5.41) is 0. The normalized spacial score (nSPS) is 48.9. The molecule has 0 amide bonds. The first-order valence-electron chi connectivity index (χ1n) is 5.02. The fourth-order valence-electron chi connectivity index (χ4n) is 3.04. The molecule has 0 saturated heterocycles. The van der Waals surface area contributed by atoms with E-state index in [0.717, 1.165) is 6.42 Å². The fraction of sp³-hybridized carbons (Fsp3) is 1.00. The largest absolute Gasteiger partial charge is 0.253 e. The van der Waals surface area contributed by atoms with E-state index < -0.39 is 18.0 Å². The molecule has 13 heavy (non-hydrogen) atoms. The Morgan fingerprint density at radius 3 is 2.62 bits per heavy atom. The van der Waals surface area contributed by atoms with E-state index in [1.54, 1.807) is 0 Å². The van der Waals surface area contributed by atoms with E-state index in [-0.39, 0.29) is 18.3 Å². The highest BCUT2D eigenvalue weighted by atomic mass is 19.3. The molecule has 0 bridgehead atoms. The zero-order valence-corrected chi connectivity index (χ0v) is 7.77. The summed E-state index contributed by atoms with van der Waals surface area (Å²) >= 11 is 0. The molecule has 2 fully saturated rings. The van der Waals surface area contributed by atoms with Crippen LogP contribution in [0.4, 0.5) is 13.2 Å². The van der Waals surface area contributed by atoms with Crippen LogP contribution in [0, 0.1) is 17.8 Å². The number of hydrogen-bond donors (Lipinski definition) is 0. The van der Waals surface area contributed by atoms with Gasteiger partial charge in [-0.2, -0.15) is 0 Å². The van der Waals surface area contributed by atoms with E-state index in [2.05, 4.69) is 0 Å². The molecule has 0 nitrogen and oxygen atoms in total. The van der Waals surface area contributed by atoms with Crippen LogP contribution in [0.3, 0.4) is 0 Å². The highest BCUT2D eigenvalue weighted by Gasteiger charge is 2.55. The lowest BCUT2D eigenvalue weighted by molar-refractivity contribution is -0.0916. The monoisotopic (exact) mass is 192 g/mol. The Bertz CT molecular complexity index is 202. The minimum Gasteiger partial charge on any atom is -0.247 e. The van der Waals surface area contributed by atoms with Crippen molar-refractivity contribution in [3.05, 3.63) is 0 Å². The summed E-state index contributed by atoms with van der Waals surface area (Å²) in [7, 11) is 0. The predicted molar refractivity (Wildman–Crippen MR) is 44.5 cm³/mol. The van der Waals surface area contributed by atoms with Crippen LogP contribution in [-0.4, -0.2) is 12.1 Å². The molecule has 2 rings (SSSR count). The molecule has 0 radical (unpaired) electrons. The molecule has 0 heterocycles. The van der Waals surface area contributed by atoms with Crippen LogP contribution in [0.2, 0.25) is 0 Å². The predicted octanol–water partition coefficient (Wildman–Crippen LogP) is 3.42. The van der Waals surface area contributed by atoms with Gasteiger partial charge in [-0.3, -0.25) is 0 Å². The van der Waals surface area contributed by atoms with Gasteiger partial charge in [0.05, 0.1) is 5.92 Å². The molecule has 0 aromatic heterocycles. The summed E-state index contributed by atoms with van der Waals surface area (Å²) in [5.41, 5.74) is 0. The van der Waals surface area contributed by atoms with Gasteiger partial charge in [0.25, 0.3) is 5.92 Å². The molecule has 0 aromatic carbocycles. The SMILES string of the molecule is CC1CC(F)C2C(CCC2(F)F)C1. The van der Waals surface area contributed by atoms with Crippen molar-refractivity contribution in [1.82, 2.24) is 0 Å². The maximum atomic E-state index is 13.4. The van der Waals surface area contributed by atoms with Crippen molar-refractivity contribution < 1.29 is 13.2 Å². The summed E-state index contributed by atoms with van der Waals surface area (Å²) in [6.45, 7) is 1.96. The quantitative estimate of drug-likeness (QED) is 0.551. The molecule has 3 heteroatoms. The van der Waals surface area contributed by atoms with E-state index in [4.69, 9.17) is 0 Å². The lowest BCUT2D eigenvalue weighted by atomic mass is 9.74. The molecule has 0 aromatic rings. The van der Waals surface area contributed by atoms with Gasteiger partial charge in [0, 0.05) is 6.42 Å². The lowest BCUT2D eigenvalue weighted by Crippen LogP contribution is -2.39. The average molecular weight is 192 g/mol. The summed E-state index contributed by atoms with van der Waals surface area (Å²) in [6.07, 6.45) is 0.265. The van der Waals surface area contributed by atoms with Crippen molar-refractivity contribution in [3.63, 3.8) is 0 Å². The van der Waals surface area contributed by atoms with Crippen LogP contribution < -0.4 is 0 Å². The smallest absolute Gasteiger partial charge is 0.247 e. The third kappa shape index (κ3) is 1.46. The van der Waals surface area contributed by atoms with Gasteiger partial charge in [-0.15, -0.1) is 0 Å². The first kappa shape index (κ1) is 9.35. The van der Waals surface area contributed by atoms with E-state index in [1.165, 1.54) is 0 Å². The average Bonchev–Trinajstić information content (AvgIpc) is 2.26. The van der Waals surface area contributed by atoms with Crippen LogP contribution in [0.5, 0.6) is 0 Å². The van der Waals surface area contributed by atoms with E-state index in [0.29, 0.717) is 12.8 Å². The summed E-state index contributed by atoms with van der Waals surface area (Å²) < 4.78 is 39.8. The minimum atomic E-state index is -2.73. The summed E-state index contributed by atoms with van der Waals surface area (Å²) in [6, 6.07) is 0. The van der Waals surface area contributed by atoms with Gasteiger partial charge >= 0.3 is 0 Å². The van der Waals surface area contributed by atoms with Crippen molar-refractivity contribution in [2.24, 2.45) is 17.8 Å². The Morgan fingerprint density at radius 2 is 1.92 bits per heavy atom. The zero-order chi connectivity index (χ0) is 9.64. The van der Waals surface area contributed by atoms with Crippen molar-refractivity contribution in [3.8, 4) is 0 Å². The zero-order valence-electron chi connectivity index (χ0n) is 7.77. The van der Waals surface area contributed by atoms with Crippen LogP contribution in [-0.2, 0) is 0 Å². The van der Waals surface area contributed by atoms with Gasteiger partial charge in [0.1, 0.15) is 6.17 Å². The van der Waals surface area contributed by atoms with Gasteiger partial charge in [-0.25, -0.2) is 13.2 Å². The van der Waals surface area contributed by atoms with Crippen LogP contribution in [0.25, 0.3) is 0 Å². The number of hydrogen-bond acceptors (Lipinski definition) is 0. The Labute approximate surface area is 76.5 Å². The highest BCUT2D eigenvalue weighted by molar-refractivity contribution is 4.98. The van der Waals surface area contributed by atoms with Crippen LogP contribution in [0.1, 0.15) is 32.6 Å². The maximum Gasteiger partial charge on any atom is 0.253 e. The van der Waals surface area contributed by atoms with Gasteiger partial charge in [0.2, 0.25) is 0 Å².